The molecule has 9 nitrogen and oxygen atoms in total. The van der Waals surface area contributed by atoms with E-state index in [4.69, 9.17) is 0 Å². The van der Waals surface area contributed by atoms with E-state index in [9.17, 15) is 8.42 Å². The molecule has 2 aromatic rings. The number of rotatable bonds is 10. The fourth-order valence-corrected chi connectivity index (χ4v) is 2.85. The first-order chi connectivity index (χ1) is 13.0. The molecule has 1 heterocycles. The largest absolute Gasteiger partial charge is 0.355 e. The lowest BCUT2D eigenvalue weighted by Gasteiger charge is -2.13. The van der Waals surface area contributed by atoms with Gasteiger partial charge in [0.15, 0.2) is 5.96 Å². The number of sulfonamides is 1. The zero-order valence-electron chi connectivity index (χ0n) is 16.1. The van der Waals surface area contributed by atoms with Gasteiger partial charge in [-0.2, -0.15) is 0 Å². The van der Waals surface area contributed by atoms with E-state index in [0.717, 1.165) is 24.1 Å². The zero-order chi connectivity index (χ0) is 19.5. The maximum absolute atomic E-state index is 11.2. The monoisotopic (exact) mass is 521 g/mol. The molecule has 0 aliphatic heterocycles. The number of aryl methyl sites for hydroxylation is 1. The van der Waals surface area contributed by atoms with Gasteiger partial charge in [-0.3, -0.25) is 0 Å². The van der Waals surface area contributed by atoms with Gasteiger partial charge in [-0.1, -0.05) is 37.3 Å². The van der Waals surface area contributed by atoms with Crippen molar-refractivity contribution in [1.29, 1.82) is 0 Å². The van der Waals surface area contributed by atoms with Gasteiger partial charge in [-0.05, 0) is 5.56 Å². The van der Waals surface area contributed by atoms with Crippen LogP contribution in [0, 0.1) is 0 Å². The first-order valence-corrected chi connectivity index (χ1v) is 10.7. The van der Waals surface area contributed by atoms with Gasteiger partial charge in [-0.25, -0.2) is 18.1 Å². The average molecular weight is 521 g/mol. The minimum atomic E-state index is -3.20. The maximum Gasteiger partial charge on any atom is 0.208 e. The van der Waals surface area contributed by atoms with E-state index in [2.05, 4.69) is 30.5 Å². The molecular formula is C17H28IN7O2S. The lowest BCUT2D eigenvalue weighted by Crippen LogP contribution is -2.42. The number of aromatic nitrogens is 3. The van der Waals surface area contributed by atoms with Gasteiger partial charge in [0.1, 0.15) is 12.2 Å². The summed E-state index contributed by atoms with van der Waals surface area (Å²) in [6.45, 7) is 4.64. The quantitative estimate of drug-likeness (QED) is 0.184. The van der Waals surface area contributed by atoms with Crippen LogP contribution in [0.1, 0.15) is 18.3 Å². The molecule has 0 saturated carbocycles. The Hall–Kier alpha value is -1.73. The van der Waals surface area contributed by atoms with Crippen LogP contribution < -0.4 is 15.4 Å². The predicted molar refractivity (Wildman–Crippen MR) is 121 cm³/mol. The van der Waals surface area contributed by atoms with Crippen LogP contribution in [0.5, 0.6) is 0 Å². The molecule has 0 saturated heterocycles. The lowest BCUT2D eigenvalue weighted by atomic mass is 10.2. The Labute approximate surface area is 183 Å². The number of guanidine groups is 1. The van der Waals surface area contributed by atoms with E-state index in [1.54, 1.807) is 6.33 Å². The van der Waals surface area contributed by atoms with E-state index in [0.29, 0.717) is 32.1 Å². The van der Waals surface area contributed by atoms with Crippen LogP contribution in [0.25, 0.3) is 0 Å². The molecule has 0 unspecified atom stereocenters. The summed E-state index contributed by atoms with van der Waals surface area (Å²) in [5.41, 5.74) is 1.10. The normalized spacial score (nSPS) is 11.7. The van der Waals surface area contributed by atoms with E-state index < -0.39 is 10.0 Å². The second-order valence-corrected chi connectivity index (χ2v) is 7.80. The third-order valence-corrected chi connectivity index (χ3v) is 4.43. The van der Waals surface area contributed by atoms with Crippen LogP contribution in [0.4, 0.5) is 0 Å². The molecule has 0 amide bonds. The molecule has 0 aliphatic rings. The molecule has 28 heavy (non-hydrogen) atoms. The summed E-state index contributed by atoms with van der Waals surface area (Å²) in [6.07, 6.45) is 3.68. The molecule has 1 aromatic carbocycles. The van der Waals surface area contributed by atoms with Crippen molar-refractivity contribution in [2.24, 2.45) is 4.99 Å². The second-order valence-electron chi connectivity index (χ2n) is 5.96. The molecule has 2 rings (SSSR count). The molecule has 0 radical (unpaired) electrons. The van der Waals surface area contributed by atoms with Gasteiger partial charge >= 0.3 is 0 Å². The smallest absolute Gasteiger partial charge is 0.208 e. The maximum atomic E-state index is 11.2. The van der Waals surface area contributed by atoms with Crippen LogP contribution in [-0.4, -0.2) is 55.0 Å². The fraction of sp³-hybridized carbons (Fsp3) is 0.471. The topological polar surface area (TPSA) is 113 Å². The Morgan fingerprint density at radius 3 is 2.54 bits per heavy atom. The number of aliphatic imine (C=N–C) groups is 1. The van der Waals surface area contributed by atoms with Crippen molar-refractivity contribution in [2.75, 3.05) is 25.9 Å². The van der Waals surface area contributed by atoms with Crippen molar-refractivity contribution < 1.29 is 8.42 Å². The van der Waals surface area contributed by atoms with E-state index in [1.165, 1.54) is 0 Å². The standard InChI is InChI=1S/C17H27N7O2S.HI/c1-3-16-23-21-14-24(16)12-11-19-17(18-9-10-22-27(2,25)26)20-13-15-7-5-4-6-8-15;/h4-8,14,22H,3,9-13H2,1-2H3,(H2,18,19,20);1H. The van der Waals surface area contributed by atoms with Gasteiger partial charge in [0.2, 0.25) is 10.0 Å². The number of nitrogens with zero attached hydrogens (tertiary/aromatic N) is 4. The van der Waals surface area contributed by atoms with Crippen LogP contribution in [0.15, 0.2) is 41.7 Å². The summed E-state index contributed by atoms with van der Waals surface area (Å²) in [4.78, 5) is 4.57. The molecule has 0 aliphatic carbocycles. The molecule has 0 atom stereocenters. The molecule has 1 aromatic heterocycles. The number of hydrogen-bond acceptors (Lipinski definition) is 5. The van der Waals surface area contributed by atoms with Crippen LogP contribution in [0.2, 0.25) is 0 Å². The zero-order valence-corrected chi connectivity index (χ0v) is 19.3. The third kappa shape index (κ3) is 9.46. The van der Waals surface area contributed by atoms with Gasteiger partial charge in [-0.15, -0.1) is 34.2 Å². The lowest BCUT2D eigenvalue weighted by molar-refractivity contribution is 0.586. The SMILES string of the molecule is CCc1nncn1CCNC(=NCc1ccccc1)NCCNS(C)(=O)=O.I. The Kier molecular flexibility index (Phi) is 11.0. The van der Waals surface area contributed by atoms with Gasteiger partial charge in [0.05, 0.1) is 12.8 Å². The number of hydrogen-bond donors (Lipinski definition) is 3. The Balaban J connectivity index is 0.00000392. The van der Waals surface area contributed by atoms with Gasteiger partial charge < -0.3 is 15.2 Å². The summed E-state index contributed by atoms with van der Waals surface area (Å²) < 4.78 is 26.7. The van der Waals surface area contributed by atoms with Gasteiger partial charge in [0.25, 0.3) is 0 Å². The highest BCUT2D eigenvalue weighted by atomic mass is 127. The van der Waals surface area contributed by atoms with Crippen molar-refractivity contribution >= 4 is 40.0 Å². The second kappa shape index (κ2) is 12.7. The summed E-state index contributed by atoms with van der Waals surface area (Å²) in [6, 6.07) is 9.93. The minimum absolute atomic E-state index is 0. The summed E-state index contributed by atoms with van der Waals surface area (Å²) in [5.74, 6) is 1.56. The summed E-state index contributed by atoms with van der Waals surface area (Å²) in [5, 5.41) is 14.4. The van der Waals surface area contributed by atoms with Crippen LogP contribution in [0.3, 0.4) is 0 Å². The van der Waals surface area contributed by atoms with Crippen molar-refractivity contribution in [1.82, 2.24) is 30.1 Å². The number of nitrogens with one attached hydrogen (secondary N) is 3. The van der Waals surface area contributed by atoms with Crippen LogP contribution >= 0.6 is 24.0 Å². The molecule has 0 fully saturated rings. The van der Waals surface area contributed by atoms with Gasteiger partial charge in [0, 0.05) is 32.6 Å². The minimum Gasteiger partial charge on any atom is -0.355 e. The van der Waals surface area contributed by atoms with Crippen LogP contribution in [-0.2, 0) is 29.5 Å². The Morgan fingerprint density at radius 2 is 1.86 bits per heavy atom. The van der Waals surface area contributed by atoms with Crippen molar-refractivity contribution in [2.45, 2.75) is 26.4 Å². The predicted octanol–water partition coefficient (Wildman–Crippen LogP) is 0.743. The van der Waals surface area contributed by atoms with E-state index in [-0.39, 0.29) is 30.5 Å². The number of halogens is 1. The first kappa shape index (κ1) is 24.3. The average Bonchev–Trinajstić information content (AvgIpc) is 3.10. The molecule has 156 valence electrons. The highest BCUT2D eigenvalue weighted by molar-refractivity contribution is 14.0. The fourth-order valence-electron chi connectivity index (χ4n) is 2.38. The molecule has 0 bridgehead atoms. The molecule has 11 heteroatoms. The van der Waals surface area contributed by atoms with E-state index in [1.807, 2.05) is 41.8 Å². The Morgan fingerprint density at radius 1 is 1.14 bits per heavy atom. The highest BCUT2D eigenvalue weighted by Crippen LogP contribution is 2.00. The summed E-state index contributed by atoms with van der Waals surface area (Å²) in [7, 11) is -3.20. The van der Waals surface area contributed by atoms with Crippen molar-refractivity contribution in [3.63, 3.8) is 0 Å². The highest BCUT2D eigenvalue weighted by Gasteiger charge is 2.04. The molecule has 3 N–H and O–H groups in total. The number of benzene rings is 1. The molecule has 0 spiro atoms. The Bertz CT molecular complexity index is 825. The summed E-state index contributed by atoms with van der Waals surface area (Å²) >= 11 is 0. The van der Waals surface area contributed by atoms with E-state index >= 15 is 0 Å². The third-order valence-electron chi connectivity index (χ3n) is 3.70. The van der Waals surface area contributed by atoms with Crippen molar-refractivity contribution in [3.05, 3.63) is 48.0 Å². The molecular weight excluding hydrogens is 493 g/mol. The first-order valence-electron chi connectivity index (χ1n) is 8.85. The van der Waals surface area contributed by atoms with Crippen molar-refractivity contribution in [3.8, 4) is 0 Å².